The Morgan fingerprint density at radius 1 is 1.31 bits per heavy atom. The number of rotatable bonds is 9. The molecule has 1 fully saturated rings. The van der Waals surface area contributed by atoms with Gasteiger partial charge in [0.1, 0.15) is 18.2 Å². The van der Waals surface area contributed by atoms with Gasteiger partial charge in [-0.2, -0.15) is 9.37 Å². The number of alkyl halides is 2. The average Bonchev–Trinajstić information content (AvgIpc) is 3.21. The van der Waals surface area contributed by atoms with Crippen molar-refractivity contribution in [3.63, 3.8) is 0 Å². The molecule has 1 aliphatic heterocycles. The zero-order valence-corrected chi connectivity index (χ0v) is 18.3. The first-order chi connectivity index (χ1) is 15.2. The maximum atomic E-state index is 14.7. The van der Waals surface area contributed by atoms with E-state index in [-0.39, 0.29) is 23.7 Å². The number of aromatic nitrogens is 2. The summed E-state index contributed by atoms with van der Waals surface area (Å²) in [7, 11) is 0. The Hall–Kier alpha value is -3.04. The molecule has 2 unspecified atom stereocenters. The molecule has 174 valence electrons. The van der Waals surface area contributed by atoms with E-state index in [2.05, 4.69) is 15.3 Å². The summed E-state index contributed by atoms with van der Waals surface area (Å²) in [6.45, 7) is 4.85. The summed E-state index contributed by atoms with van der Waals surface area (Å²) in [6, 6.07) is 7.30. The Morgan fingerprint density at radius 3 is 2.69 bits per heavy atom. The number of nitrogens with one attached hydrogen (secondary N) is 1. The van der Waals surface area contributed by atoms with Crippen molar-refractivity contribution in [3.8, 4) is 11.6 Å². The Morgan fingerprint density at radius 2 is 2.03 bits per heavy atom. The SMILES string of the molecule is CCNC(=O)C(C)c1ccc(OC2CCN(c3ncnc(OCC(C)(F)F)c3F)C2)cc1. The van der Waals surface area contributed by atoms with E-state index >= 15 is 0 Å². The number of ether oxygens (including phenoxy) is 2. The van der Waals surface area contributed by atoms with E-state index in [1.807, 2.05) is 26.0 Å². The van der Waals surface area contributed by atoms with E-state index < -0.39 is 24.2 Å². The van der Waals surface area contributed by atoms with E-state index in [9.17, 15) is 18.0 Å². The third kappa shape index (κ3) is 6.02. The molecule has 10 heteroatoms. The molecule has 1 N–H and O–H groups in total. The molecule has 1 aliphatic rings. The average molecular weight is 452 g/mol. The minimum atomic E-state index is -3.10. The number of benzene rings is 1. The molecule has 0 radical (unpaired) electrons. The maximum absolute atomic E-state index is 14.7. The third-order valence-electron chi connectivity index (χ3n) is 5.07. The molecule has 1 saturated heterocycles. The number of amides is 1. The van der Waals surface area contributed by atoms with Crippen LogP contribution in [0.5, 0.6) is 11.6 Å². The first kappa shape index (κ1) is 23.6. The molecule has 2 heterocycles. The van der Waals surface area contributed by atoms with Crippen LogP contribution >= 0.6 is 0 Å². The minimum Gasteiger partial charge on any atom is -0.489 e. The Kier molecular flexibility index (Phi) is 7.42. The predicted molar refractivity (Wildman–Crippen MR) is 113 cm³/mol. The lowest BCUT2D eigenvalue weighted by Crippen LogP contribution is -2.27. The van der Waals surface area contributed by atoms with Gasteiger partial charge in [0, 0.05) is 26.4 Å². The van der Waals surface area contributed by atoms with Gasteiger partial charge in [-0.25, -0.2) is 13.8 Å². The summed E-state index contributed by atoms with van der Waals surface area (Å²) in [5.74, 6) is -4.15. The van der Waals surface area contributed by atoms with Crippen molar-refractivity contribution < 1.29 is 27.4 Å². The van der Waals surface area contributed by atoms with Crippen molar-refractivity contribution in [1.29, 1.82) is 0 Å². The number of carbonyl (C=O) groups excluding carboxylic acids is 1. The number of hydrogen-bond donors (Lipinski definition) is 1. The normalized spacial score (nSPS) is 17.2. The van der Waals surface area contributed by atoms with Crippen molar-refractivity contribution in [2.75, 3.05) is 31.1 Å². The van der Waals surface area contributed by atoms with Crippen LogP contribution in [0.3, 0.4) is 0 Å². The molecule has 7 nitrogen and oxygen atoms in total. The second-order valence-electron chi connectivity index (χ2n) is 7.84. The summed E-state index contributed by atoms with van der Waals surface area (Å²) in [4.78, 5) is 21.2. The smallest absolute Gasteiger partial charge is 0.278 e. The Labute approximate surface area is 184 Å². The summed E-state index contributed by atoms with van der Waals surface area (Å²) >= 11 is 0. The number of hydrogen-bond acceptors (Lipinski definition) is 6. The minimum absolute atomic E-state index is 0.00775. The highest BCUT2D eigenvalue weighted by Crippen LogP contribution is 2.29. The van der Waals surface area contributed by atoms with E-state index in [1.54, 1.807) is 17.0 Å². The van der Waals surface area contributed by atoms with Crippen LogP contribution in [0.25, 0.3) is 0 Å². The monoisotopic (exact) mass is 452 g/mol. The zero-order valence-electron chi connectivity index (χ0n) is 18.3. The lowest BCUT2D eigenvalue weighted by molar-refractivity contribution is -0.122. The Balaban J connectivity index is 1.60. The first-order valence-corrected chi connectivity index (χ1v) is 10.5. The van der Waals surface area contributed by atoms with Crippen molar-refractivity contribution in [1.82, 2.24) is 15.3 Å². The van der Waals surface area contributed by atoms with Gasteiger partial charge in [0.25, 0.3) is 11.8 Å². The van der Waals surface area contributed by atoms with E-state index in [0.29, 0.717) is 38.7 Å². The molecular weight excluding hydrogens is 425 g/mol. The van der Waals surface area contributed by atoms with Crippen LogP contribution in [0.4, 0.5) is 19.0 Å². The predicted octanol–water partition coefficient (Wildman–Crippen LogP) is 3.55. The van der Waals surface area contributed by atoms with Gasteiger partial charge in [0.2, 0.25) is 11.7 Å². The van der Waals surface area contributed by atoms with E-state index in [4.69, 9.17) is 9.47 Å². The van der Waals surface area contributed by atoms with Gasteiger partial charge in [0.15, 0.2) is 12.4 Å². The largest absolute Gasteiger partial charge is 0.489 e. The first-order valence-electron chi connectivity index (χ1n) is 10.5. The van der Waals surface area contributed by atoms with Gasteiger partial charge < -0.3 is 19.7 Å². The molecule has 3 rings (SSSR count). The fourth-order valence-corrected chi connectivity index (χ4v) is 3.38. The standard InChI is InChI=1S/C22H27F3N4O3/c1-4-26-20(30)14(2)15-5-7-16(8-6-15)32-17-9-10-29(11-17)19-18(23)21(28-13-27-19)31-12-22(3,24)25/h5-8,13-14,17H,4,9-12H2,1-3H3,(H,26,30). The number of anilines is 1. The quantitative estimate of drug-likeness (QED) is 0.627. The molecule has 2 aromatic rings. The summed E-state index contributed by atoms with van der Waals surface area (Å²) in [6.07, 6.45) is 1.51. The van der Waals surface area contributed by atoms with Crippen LogP contribution in [0.1, 0.15) is 38.7 Å². The van der Waals surface area contributed by atoms with Gasteiger partial charge in [0.05, 0.1) is 12.5 Å². The fraction of sp³-hybridized carbons (Fsp3) is 0.500. The zero-order chi connectivity index (χ0) is 23.3. The number of likely N-dealkylation sites (N-methyl/N-ethyl adjacent to an activating group) is 1. The maximum Gasteiger partial charge on any atom is 0.278 e. The van der Waals surface area contributed by atoms with Crippen molar-refractivity contribution in [2.45, 2.75) is 45.1 Å². The van der Waals surface area contributed by atoms with Crippen LogP contribution in [-0.4, -0.2) is 54.1 Å². The molecule has 0 bridgehead atoms. The van der Waals surface area contributed by atoms with Gasteiger partial charge in [-0.15, -0.1) is 0 Å². The number of carbonyl (C=O) groups is 1. The topological polar surface area (TPSA) is 76.6 Å². The number of nitrogens with zero attached hydrogens (tertiary/aromatic N) is 3. The van der Waals surface area contributed by atoms with Crippen LogP contribution in [0, 0.1) is 5.82 Å². The molecule has 32 heavy (non-hydrogen) atoms. The second-order valence-corrected chi connectivity index (χ2v) is 7.84. The van der Waals surface area contributed by atoms with Crippen LogP contribution in [-0.2, 0) is 4.79 Å². The van der Waals surface area contributed by atoms with Crippen molar-refractivity contribution in [2.24, 2.45) is 0 Å². The van der Waals surface area contributed by atoms with Crippen LogP contribution in [0.2, 0.25) is 0 Å². The summed E-state index contributed by atoms with van der Waals surface area (Å²) in [5, 5.41) is 2.80. The van der Waals surface area contributed by atoms with Crippen LogP contribution in [0.15, 0.2) is 30.6 Å². The molecule has 0 saturated carbocycles. The highest BCUT2D eigenvalue weighted by Gasteiger charge is 2.30. The molecule has 1 aromatic carbocycles. The highest BCUT2D eigenvalue weighted by atomic mass is 19.3. The van der Waals surface area contributed by atoms with Crippen LogP contribution < -0.4 is 19.7 Å². The molecule has 2 atom stereocenters. The molecular formula is C22H27F3N4O3. The summed E-state index contributed by atoms with van der Waals surface area (Å²) < 4.78 is 51.5. The molecule has 0 spiro atoms. The third-order valence-corrected chi connectivity index (χ3v) is 5.07. The van der Waals surface area contributed by atoms with Gasteiger partial charge in [-0.3, -0.25) is 4.79 Å². The number of halogens is 3. The molecule has 1 aromatic heterocycles. The second kappa shape index (κ2) is 10.1. The van der Waals surface area contributed by atoms with Gasteiger partial charge in [-0.05, 0) is 31.5 Å². The van der Waals surface area contributed by atoms with E-state index in [0.717, 1.165) is 11.9 Å². The lowest BCUT2D eigenvalue weighted by Gasteiger charge is -2.20. The van der Waals surface area contributed by atoms with Crippen molar-refractivity contribution in [3.05, 3.63) is 42.0 Å². The molecule has 0 aliphatic carbocycles. The van der Waals surface area contributed by atoms with Crippen molar-refractivity contribution >= 4 is 11.7 Å². The van der Waals surface area contributed by atoms with E-state index in [1.165, 1.54) is 0 Å². The fourth-order valence-electron chi connectivity index (χ4n) is 3.38. The Bertz CT molecular complexity index is 922. The lowest BCUT2D eigenvalue weighted by atomic mass is 10.0. The molecule has 1 amide bonds. The van der Waals surface area contributed by atoms with Gasteiger partial charge in [-0.1, -0.05) is 12.1 Å². The highest BCUT2D eigenvalue weighted by molar-refractivity contribution is 5.83. The summed E-state index contributed by atoms with van der Waals surface area (Å²) in [5.41, 5.74) is 0.879. The van der Waals surface area contributed by atoms with Gasteiger partial charge >= 0.3 is 0 Å².